The normalized spacial score (nSPS) is 22.1. The van der Waals surface area contributed by atoms with E-state index in [-0.39, 0.29) is 23.9 Å². The Labute approximate surface area is 163 Å². The quantitative estimate of drug-likeness (QED) is 0.875. The van der Waals surface area contributed by atoms with Crippen molar-refractivity contribution < 1.29 is 18.7 Å². The van der Waals surface area contributed by atoms with Crippen LogP contribution in [-0.2, 0) is 11.2 Å². The van der Waals surface area contributed by atoms with E-state index in [0.29, 0.717) is 44.0 Å². The lowest BCUT2D eigenvalue weighted by molar-refractivity contribution is -0.00702. The second-order valence-corrected chi connectivity index (χ2v) is 7.35. The van der Waals surface area contributed by atoms with Crippen LogP contribution in [0.3, 0.4) is 0 Å². The van der Waals surface area contributed by atoms with Crippen LogP contribution in [0.15, 0.2) is 18.2 Å². The average Bonchev–Trinajstić information content (AvgIpc) is 3.11. The molecule has 2 aliphatic rings. The van der Waals surface area contributed by atoms with Crippen molar-refractivity contribution >= 4 is 11.6 Å². The number of hydrogen-bond donors (Lipinski definition) is 1. The molecule has 28 heavy (non-hydrogen) atoms. The summed E-state index contributed by atoms with van der Waals surface area (Å²) in [5.74, 6) is 0.124. The molecule has 1 N–H and O–H groups in total. The number of nitrogens with one attached hydrogen (secondary N) is 1. The Hall–Kier alpha value is -2.61. The largest absolute Gasteiger partial charge is 0.494 e. The molecule has 0 saturated carbocycles. The molecule has 3 heterocycles. The van der Waals surface area contributed by atoms with Crippen molar-refractivity contribution in [2.24, 2.45) is 0 Å². The smallest absolute Gasteiger partial charge is 0.274 e. The van der Waals surface area contributed by atoms with Gasteiger partial charge in [-0.1, -0.05) is 0 Å². The Bertz CT molecular complexity index is 876. The van der Waals surface area contributed by atoms with E-state index in [1.54, 1.807) is 6.07 Å². The average molecular weight is 388 g/mol. The van der Waals surface area contributed by atoms with Crippen LogP contribution in [-0.4, -0.2) is 60.4 Å². The monoisotopic (exact) mass is 388 g/mol. The van der Waals surface area contributed by atoms with Gasteiger partial charge >= 0.3 is 0 Å². The molecule has 1 amide bonds. The third-order valence-corrected chi connectivity index (χ3v) is 5.49. The lowest BCUT2D eigenvalue weighted by Crippen LogP contribution is -2.49. The Kier molecular flexibility index (Phi) is 4.97. The van der Waals surface area contributed by atoms with E-state index < -0.39 is 0 Å². The number of halogens is 1. The number of piperazine rings is 1. The number of nitrogens with zero attached hydrogens (tertiary/aromatic N) is 3. The molecule has 1 aromatic carbocycles. The van der Waals surface area contributed by atoms with Crippen molar-refractivity contribution in [3.05, 3.63) is 41.0 Å². The second-order valence-electron chi connectivity index (χ2n) is 7.35. The van der Waals surface area contributed by atoms with Gasteiger partial charge in [0.05, 0.1) is 30.7 Å². The molecule has 1 fully saturated rings. The van der Waals surface area contributed by atoms with Gasteiger partial charge in [0.1, 0.15) is 11.6 Å². The van der Waals surface area contributed by atoms with Gasteiger partial charge in [-0.25, -0.2) is 4.39 Å². The first kappa shape index (κ1) is 18.7. The maximum absolute atomic E-state index is 13.4. The van der Waals surface area contributed by atoms with E-state index in [2.05, 4.69) is 15.1 Å². The zero-order chi connectivity index (χ0) is 19.8. The number of amides is 1. The summed E-state index contributed by atoms with van der Waals surface area (Å²) >= 11 is 0. The Balaban J connectivity index is 1.47. The first-order chi connectivity index (χ1) is 13.5. The van der Waals surface area contributed by atoms with E-state index in [9.17, 15) is 9.18 Å². The number of H-pyrrole nitrogens is 1. The second kappa shape index (κ2) is 7.43. The van der Waals surface area contributed by atoms with Crippen molar-refractivity contribution in [3.63, 3.8) is 0 Å². The molecule has 0 unspecified atom stereocenters. The van der Waals surface area contributed by atoms with E-state index in [1.165, 1.54) is 19.2 Å². The summed E-state index contributed by atoms with van der Waals surface area (Å²) in [6, 6.07) is 4.53. The van der Waals surface area contributed by atoms with Crippen LogP contribution in [0.1, 0.15) is 41.7 Å². The Morgan fingerprint density at radius 3 is 2.75 bits per heavy atom. The van der Waals surface area contributed by atoms with Crippen molar-refractivity contribution in [1.29, 1.82) is 0 Å². The van der Waals surface area contributed by atoms with Gasteiger partial charge in [-0.2, -0.15) is 5.10 Å². The Morgan fingerprint density at radius 2 is 2.04 bits per heavy atom. The van der Waals surface area contributed by atoms with Gasteiger partial charge in [-0.3, -0.25) is 9.89 Å². The first-order valence-electron chi connectivity index (χ1n) is 9.58. The Morgan fingerprint density at radius 1 is 1.29 bits per heavy atom. The minimum atomic E-state index is -0.329. The summed E-state index contributed by atoms with van der Waals surface area (Å²) < 4.78 is 24.6. The zero-order valence-corrected chi connectivity index (χ0v) is 16.4. The lowest BCUT2D eigenvalue weighted by atomic mass is 9.99. The number of anilines is 1. The maximum Gasteiger partial charge on any atom is 0.274 e. The lowest BCUT2D eigenvalue weighted by Gasteiger charge is -2.36. The SMILES string of the molecule is COc1cc(F)ccc1N1CCN(C(=O)c2n[nH]c3c2C[C@H](C)O[C@@H]3C)CC1. The summed E-state index contributed by atoms with van der Waals surface area (Å²) in [6.07, 6.45) is 0.661. The molecule has 150 valence electrons. The summed E-state index contributed by atoms with van der Waals surface area (Å²) in [6.45, 7) is 6.42. The van der Waals surface area contributed by atoms with Gasteiger partial charge in [-0.05, 0) is 26.0 Å². The van der Waals surface area contributed by atoms with Crippen LogP contribution in [0.5, 0.6) is 5.75 Å². The molecule has 0 spiro atoms. The highest BCUT2D eigenvalue weighted by Gasteiger charge is 2.32. The van der Waals surface area contributed by atoms with E-state index >= 15 is 0 Å². The van der Waals surface area contributed by atoms with Gasteiger partial charge in [0.15, 0.2) is 5.69 Å². The van der Waals surface area contributed by atoms with Crippen LogP contribution in [0.2, 0.25) is 0 Å². The molecule has 0 bridgehead atoms. The van der Waals surface area contributed by atoms with E-state index in [1.807, 2.05) is 18.7 Å². The van der Waals surface area contributed by atoms with E-state index in [4.69, 9.17) is 9.47 Å². The molecule has 2 aromatic rings. The number of ether oxygens (including phenoxy) is 2. The fourth-order valence-electron chi connectivity index (χ4n) is 4.06. The number of aromatic nitrogens is 2. The minimum absolute atomic E-state index is 0.0514. The molecule has 4 rings (SSSR count). The number of hydrogen-bond acceptors (Lipinski definition) is 5. The zero-order valence-electron chi connectivity index (χ0n) is 16.4. The molecule has 2 atom stereocenters. The highest BCUT2D eigenvalue weighted by molar-refractivity contribution is 5.94. The van der Waals surface area contributed by atoms with Crippen LogP contribution in [0.25, 0.3) is 0 Å². The first-order valence-corrected chi connectivity index (χ1v) is 9.58. The molecular formula is C20H25FN4O3. The summed E-state index contributed by atoms with van der Waals surface area (Å²) in [5.41, 5.74) is 3.22. The molecule has 1 saturated heterocycles. The topological polar surface area (TPSA) is 70.7 Å². The van der Waals surface area contributed by atoms with Crippen molar-refractivity contribution in [1.82, 2.24) is 15.1 Å². The highest BCUT2D eigenvalue weighted by atomic mass is 19.1. The molecular weight excluding hydrogens is 363 g/mol. The van der Waals surface area contributed by atoms with Crippen LogP contribution in [0, 0.1) is 5.82 Å². The van der Waals surface area contributed by atoms with Gasteiger partial charge in [0.25, 0.3) is 5.91 Å². The van der Waals surface area contributed by atoms with Crippen LogP contribution in [0.4, 0.5) is 10.1 Å². The predicted molar refractivity (Wildman–Crippen MR) is 102 cm³/mol. The molecule has 0 aliphatic carbocycles. The molecule has 1 aromatic heterocycles. The number of methoxy groups -OCH3 is 1. The maximum atomic E-state index is 13.4. The molecule has 7 nitrogen and oxygen atoms in total. The molecule has 8 heteroatoms. The third kappa shape index (κ3) is 3.32. The van der Waals surface area contributed by atoms with Gasteiger partial charge in [0.2, 0.25) is 0 Å². The number of carbonyl (C=O) groups is 1. The fraction of sp³-hybridized carbons (Fsp3) is 0.500. The van der Waals surface area contributed by atoms with Crippen molar-refractivity contribution in [3.8, 4) is 5.75 Å². The number of fused-ring (bicyclic) bond motifs is 1. The van der Waals surface area contributed by atoms with Gasteiger partial charge in [0, 0.05) is 44.2 Å². The summed E-state index contributed by atoms with van der Waals surface area (Å²) in [5, 5.41) is 7.29. The number of aromatic amines is 1. The minimum Gasteiger partial charge on any atom is -0.494 e. The number of carbonyl (C=O) groups excluding carboxylic acids is 1. The standard InChI is InChI=1S/C20H25FN4O3/c1-12-10-15-18(13(2)28-12)22-23-19(15)20(26)25-8-6-24(7-9-25)16-5-4-14(21)11-17(16)27-3/h4-5,11-13H,6-10H2,1-3H3,(H,22,23)/t12-,13+/m0/s1. The number of benzene rings is 1. The van der Waals surface area contributed by atoms with Crippen molar-refractivity contribution in [2.45, 2.75) is 32.5 Å². The van der Waals surface area contributed by atoms with E-state index in [0.717, 1.165) is 16.9 Å². The van der Waals surface area contributed by atoms with Crippen molar-refractivity contribution in [2.75, 3.05) is 38.2 Å². The molecule has 2 aliphatic heterocycles. The van der Waals surface area contributed by atoms with Gasteiger partial charge < -0.3 is 19.3 Å². The predicted octanol–water partition coefficient (Wildman–Crippen LogP) is 2.54. The van der Waals surface area contributed by atoms with Crippen LogP contribution < -0.4 is 9.64 Å². The highest BCUT2D eigenvalue weighted by Crippen LogP contribution is 2.32. The van der Waals surface area contributed by atoms with Gasteiger partial charge in [-0.15, -0.1) is 0 Å². The summed E-state index contributed by atoms with van der Waals surface area (Å²) in [7, 11) is 1.53. The van der Waals surface area contributed by atoms with Crippen LogP contribution >= 0.6 is 0 Å². The summed E-state index contributed by atoms with van der Waals surface area (Å²) in [4.78, 5) is 17.0. The fourth-order valence-corrected chi connectivity index (χ4v) is 4.06. The third-order valence-electron chi connectivity index (χ3n) is 5.49. The molecule has 0 radical (unpaired) electrons. The number of rotatable bonds is 3.